The van der Waals surface area contributed by atoms with E-state index < -0.39 is 0 Å². The van der Waals surface area contributed by atoms with Gasteiger partial charge in [-0.1, -0.05) is 91.7 Å². The van der Waals surface area contributed by atoms with Crippen molar-refractivity contribution >= 4 is 10.9 Å². The molecule has 0 aliphatic heterocycles. The van der Waals surface area contributed by atoms with Gasteiger partial charge in [-0.3, -0.25) is 4.98 Å². The molecule has 2 heterocycles. The van der Waals surface area contributed by atoms with Gasteiger partial charge in [0.1, 0.15) is 0 Å². The molecule has 0 amide bonds. The van der Waals surface area contributed by atoms with Crippen LogP contribution in [0.2, 0.25) is 0 Å². The zero-order chi connectivity index (χ0) is 26.7. The van der Waals surface area contributed by atoms with Gasteiger partial charge in [0.05, 0.1) is 5.52 Å². The van der Waals surface area contributed by atoms with Gasteiger partial charge in [-0.05, 0) is 47.3 Å². The first kappa shape index (κ1) is 27.6. The first-order valence-corrected chi connectivity index (χ1v) is 13.6. The van der Waals surface area contributed by atoms with Gasteiger partial charge in [0, 0.05) is 31.7 Å². The van der Waals surface area contributed by atoms with Crippen molar-refractivity contribution in [3.05, 3.63) is 145 Å². The van der Waals surface area contributed by atoms with Crippen LogP contribution < -0.4 is 0 Å². The maximum Gasteiger partial charge on any atom is 0.0595 e. The molecule has 6 aromatic rings. The monoisotopic (exact) mass is 695 g/mol. The van der Waals surface area contributed by atoms with E-state index in [1.807, 2.05) is 48.5 Å². The van der Waals surface area contributed by atoms with E-state index in [-0.39, 0.29) is 25.5 Å². The van der Waals surface area contributed by atoms with E-state index in [0.29, 0.717) is 0 Å². The Morgan fingerprint density at radius 3 is 2.20 bits per heavy atom. The molecule has 40 heavy (non-hydrogen) atoms. The maximum absolute atomic E-state index is 4.89. The molecule has 7 rings (SSSR count). The summed E-state index contributed by atoms with van der Waals surface area (Å²) in [6.07, 6.45) is 3.99. The third-order valence-electron chi connectivity index (χ3n) is 7.93. The Morgan fingerprint density at radius 1 is 0.650 bits per heavy atom. The fraction of sp³-hybridized carbons (Fsp3) is 0.135. The number of para-hydroxylation sites is 1. The second-order valence-electron chi connectivity index (χ2n) is 9.89. The molecule has 0 saturated carbocycles. The number of benzene rings is 4. The number of nitrogens with zero attached hydrogens (tertiary/aromatic N) is 2. The van der Waals surface area contributed by atoms with E-state index >= 15 is 0 Å². The molecule has 0 fully saturated rings. The van der Waals surface area contributed by atoms with Gasteiger partial charge in [0.2, 0.25) is 0 Å². The van der Waals surface area contributed by atoms with Gasteiger partial charge < -0.3 is 4.98 Å². The molecular weight excluding hydrogens is 665 g/mol. The van der Waals surface area contributed by atoms with Crippen LogP contribution in [-0.2, 0) is 25.5 Å². The average molecular weight is 695 g/mol. The SMILES string of the molecule is CCC1(CC)c2ccccc2-c2c[c-]c(-c3ccc4ccccc4n3)cc21.[Ir].[c-]1ccccc1-c1ccccn1. The van der Waals surface area contributed by atoms with Crippen molar-refractivity contribution in [3.63, 3.8) is 0 Å². The fourth-order valence-corrected chi connectivity index (χ4v) is 5.84. The molecule has 0 unspecified atom stereocenters. The maximum atomic E-state index is 4.89. The molecule has 0 bridgehead atoms. The van der Waals surface area contributed by atoms with Crippen LogP contribution in [0.5, 0.6) is 0 Å². The van der Waals surface area contributed by atoms with E-state index in [9.17, 15) is 0 Å². The van der Waals surface area contributed by atoms with Crippen LogP contribution in [0.25, 0.3) is 44.5 Å². The minimum Gasteiger partial charge on any atom is -0.305 e. The summed E-state index contributed by atoms with van der Waals surface area (Å²) in [5.74, 6) is 0. The standard InChI is InChI=1S/C26H22N.C11H8N.Ir/c1-3-26(4-2)22-11-7-6-10-20(22)21-15-13-19(17-23(21)26)25-16-14-18-9-5-8-12-24(18)27-25;1-2-6-10(7-3-1)11-8-4-5-9-12-11;/h5-12,14-17H,3-4H2,1-2H3;1-6,8-9H;/q2*-1;. The first-order valence-electron chi connectivity index (χ1n) is 13.6. The van der Waals surface area contributed by atoms with E-state index in [4.69, 9.17) is 4.98 Å². The van der Waals surface area contributed by atoms with Crippen LogP contribution in [0.15, 0.2) is 121 Å². The summed E-state index contributed by atoms with van der Waals surface area (Å²) in [6.45, 7) is 4.61. The number of aromatic nitrogens is 2. The zero-order valence-corrected chi connectivity index (χ0v) is 25.1. The Morgan fingerprint density at radius 2 is 1.43 bits per heavy atom. The summed E-state index contributed by atoms with van der Waals surface area (Å²) in [5.41, 5.74) is 10.8. The topological polar surface area (TPSA) is 25.8 Å². The third kappa shape index (κ3) is 5.04. The third-order valence-corrected chi connectivity index (χ3v) is 7.93. The molecule has 2 nitrogen and oxygen atoms in total. The molecule has 3 heteroatoms. The number of rotatable bonds is 4. The molecule has 0 N–H and O–H groups in total. The van der Waals surface area contributed by atoms with Crippen LogP contribution in [0, 0.1) is 12.1 Å². The molecule has 2 aromatic heterocycles. The molecule has 199 valence electrons. The summed E-state index contributed by atoms with van der Waals surface area (Å²) in [7, 11) is 0. The van der Waals surface area contributed by atoms with E-state index in [2.05, 4.69) is 97.7 Å². The van der Waals surface area contributed by atoms with Crippen LogP contribution in [0.4, 0.5) is 0 Å². The smallest absolute Gasteiger partial charge is 0.0595 e. The van der Waals surface area contributed by atoms with E-state index in [0.717, 1.165) is 40.9 Å². The first-order chi connectivity index (χ1) is 19.2. The van der Waals surface area contributed by atoms with Crippen molar-refractivity contribution in [2.75, 3.05) is 0 Å². The number of fused-ring (bicyclic) bond motifs is 4. The van der Waals surface area contributed by atoms with Crippen molar-refractivity contribution in [1.29, 1.82) is 0 Å². The van der Waals surface area contributed by atoms with Crippen molar-refractivity contribution < 1.29 is 20.1 Å². The molecule has 1 aliphatic rings. The van der Waals surface area contributed by atoms with Gasteiger partial charge in [-0.2, -0.15) is 0 Å². The normalized spacial score (nSPS) is 12.4. The zero-order valence-electron chi connectivity index (χ0n) is 22.7. The summed E-state index contributed by atoms with van der Waals surface area (Å²) in [4.78, 5) is 9.11. The largest absolute Gasteiger partial charge is 0.305 e. The van der Waals surface area contributed by atoms with Crippen LogP contribution in [-0.4, -0.2) is 9.97 Å². The Kier molecular flexibility index (Phi) is 8.35. The molecule has 1 radical (unpaired) electrons. The molecule has 4 aromatic carbocycles. The van der Waals surface area contributed by atoms with Crippen LogP contribution in [0.1, 0.15) is 37.8 Å². The summed E-state index contributed by atoms with van der Waals surface area (Å²) in [6, 6.07) is 46.2. The minimum absolute atomic E-state index is 0. The van der Waals surface area contributed by atoms with Gasteiger partial charge in [0.25, 0.3) is 0 Å². The van der Waals surface area contributed by atoms with Gasteiger partial charge in [-0.15, -0.1) is 65.2 Å². The predicted molar refractivity (Wildman–Crippen MR) is 161 cm³/mol. The van der Waals surface area contributed by atoms with Crippen molar-refractivity contribution in [2.24, 2.45) is 0 Å². The summed E-state index contributed by atoms with van der Waals surface area (Å²) in [5, 5.41) is 1.17. The summed E-state index contributed by atoms with van der Waals surface area (Å²) < 4.78 is 0. The Hall–Kier alpha value is -3.91. The predicted octanol–water partition coefficient (Wildman–Crippen LogP) is 9.33. The fourth-order valence-electron chi connectivity index (χ4n) is 5.84. The van der Waals surface area contributed by atoms with Crippen molar-refractivity contribution in [2.45, 2.75) is 32.1 Å². The molecular formula is C37H30IrN2-2. The average Bonchev–Trinajstić information content (AvgIpc) is 3.31. The molecule has 0 saturated heterocycles. The van der Waals surface area contributed by atoms with Crippen LogP contribution >= 0.6 is 0 Å². The molecule has 0 atom stereocenters. The second kappa shape index (κ2) is 12.1. The molecule has 1 aliphatic carbocycles. The Labute approximate surface area is 250 Å². The number of pyridine rings is 2. The van der Waals surface area contributed by atoms with E-state index in [1.165, 1.54) is 27.6 Å². The van der Waals surface area contributed by atoms with Crippen LogP contribution in [0.3, 0.4) is 0 Å². The molecule has 0 spiro atoms. The quantitative estimate of drug-likeness (QED) is 0.172. The van der Waals surface area contributed by atoms with Crippen molar-refractivity contribution in [3.8, 4) is 33.6 Å². The van der Waals surface area contributed by atoms with Crippen molar-refractivity contribution in [1.82, 2.24) is 9.97 Å². The van der Waals surface area contributed by atoms with Gasteiger partial charge >= 0.3 is 0 Å². The van der Waals surface area contributed by atoms with Gasteiger partial charge in [0.15, 0.2) is 0 Å². The second-order valence-corrected chi connectivity index (χ2v) is 9.89. The van der Waals surface area contributed by atoms with Gasteiger partial charge in [-0.25, -0.2) is 0 Å². The summed E-state index contributed by atoms with van der Waals surface area (Å²) >= 11 is 0. The Balaban J connectivity index is 0.000000209. The number of hydrogen-bond donors (Lipinski definition) is 0. The van der Waals surface area contributed by atoms with E-state index in [1.54, 1.807) is 6.20 Å². The Bertz CT molecular complexity index is 1690. The number of hydrogen-bond acceptors (Lipinski definition) is 2. The minimum atomic E-state index is 0.